The third kappa shape index (κ3) is 2.65. The molecule has 0 saturated heterocycles. The van der Waals surface area contributed by atoms with Crippen molar-refractivity contribution in [3.63, 3.8) is 0 Å². The average Bonchev–Trinajstić information content (AvgIpc) is 3.06. The van der Waals surface area contributed by atoms with Gasteiger partial charge >= 0.3 is 6.18 Å². The van der Waals surface area contributed by atoms with Gasteiger partial charge in [-0.1, -0.05) is 6.07 Å². The van der Waals surface area contributed by atoms with Crippen LogP contribution in [0.15, 0.2) is 36.0 Å². The number of alkyl halides is 3. The number of thiophene rings is 1. The molecule has 110 valence electrons. The minimum atomic E-state index is -4.47. The van der Waals surface area contributed by atoms with Crippen molar-refractivity contribution < 1.29 is 18.0 Å². The third-order valence-electron chi connectivity index (χ3n) is 3.50. The fourth-order valence-electron chi connectivity index (χ4n) is 2.18. The highest BCUT2D eigenvalue weighted by Crippen LogP contribution is 2.50. The number of aromatic nitrogens is 1. The molecule has 0 aliphatic heterocycles. The number of halogens is 3. The van der Waals surface area contributed by atoms with Crippen molar-refractivity contribution in [1.82, 2.24) is 4.98 Å². The normalized spacial score (nSPS) is 16.5. The summed E-state index contributed by atoms with van der Waals surface area (Å²) in [5.41, 5.74) is -1.39. The number of amides is 1. The molecule has 2 aromatic heterocycles. The molecule has 0 aromatic carbocycles. The maximum absolute atomic E-state index is 12.6. The van der Waals surface area contributed by atoms with E-state index in [1.54, 1.807) is 0 Å². The van der Waals surface area contributed by atoms with Crippen LogP contribution in [-0.4, -0.2) is 10.9 Å². The van der Waals surface area contributed by atoms with Crippen LogP contribution in [0.4, 0.5) is 18.9 Å². The molecule has 1 N–H and O–H groups in total. The maximum atomic E-state index is 12.6. The Balaban J connectivity index is 1.80. The van der Waals surface area contributed by atoms with E-state index in [0.29, 0.717) is 12.8 Å². The molecular formula is C14H11F3N2OS. The summed E-state index contributed by atoms with van der Waals surface area (Å²) in [5.74, 6) is -0.272. The predicted molar refractivity (Wildman–Crippen MR) is 73.1 cm³/mol. The number of anilines is 1. The lowest BCUT2D eigenvalue weighted by Gasteiger charge is -2.14. The van der Waals surface area contributed by atoms with Gasteiger partial charge in [0, 0.05) is 11.1 Å². The molecule has 0 bridgehead atoms. The van der Waals surface area contributed by atoms with Crippen molar-refractivity contribution in [2.45, 2.75) is 24.4 Å². The lowest BCUT2D eigenvalue weighted by Crippen LogP contribution is -2.27. The molecule has 1 amide bonds. The largest absolute Gasteiger partial charge is 0.417 e. The minimum Gasteiger partial charge on any atom is -0.324 e. The molecule has 1 saturated carbocycles. The summed E-state index contributed by atoms with van der Waals surface area (Å²) in [5, 5.41) is 4.43. The van der Waals surface area contributed by atoms with Gasteiger partial charge in [0.1, 0.15) is 0 Å². The number of carbonyl (C=O) groups excluding carboxylic acids is 1. The van der Waals surface area contributed by atoms with Gasteiger partial charge in [-0.05, 0) is 30.4 Å². The highest BCUT2D eigenvalue weighted by Gasteiger charge is 2.52. The monoisotopic (exact) mass is 312 g/mol. The fourth-order valence-corrected chi connectivity index (χ4v) is 3.16. The number of rotatable bonds is 3. The highest BCUT2D eigenvalue weighted by molar-refractivity contribution is 7.10. The minimum absolute atomic E-state index is 0.0673. The van der Waals surface area contributed by atoms with Gasteiger partial charge in [-0.15, -0.1) is 11.3 Å². The average molecular weight is 312 g/mol. The van der Waals surface area contributed by atoms with Gasteiger partial charge in [-0.25, -0.2) is 0 Å². The number of pyridine rings is 1. The Labute approximate surface area is 122 Å². The first-order valence-electron chi connectivity index (χ1n) is 6.29. The van der Waals surface area contributed by atoms with Crippen molar-refractivity contribution in [2.75, 3.05) is 5.32 Å². The van der Waals surface area contributed by atoms with E-state index in [-0.39, 0.29) is 11.6 Å². The summed E-state index contributed by atoms with van der Waals surface area (Å²) in [6, 6.07) is 4.64. The van der Waals surface area contributed by atoms with Gasteiger partial charge in [-0.2, -0.15) is 13.2 Å². The van der Waals surface area contributed by atoms with E-state index < -0.39 is 17.2 Å². The van der Waals surface area contributed by atoms with Gasteiger partial charge in [0.15, 0.2) is 0 Å². The molecule has 0 unspecified atom stereocenters. The van der Waals surface area contributed by atoms with Gasteiger partial charge in [0.05, 0.1) is 22.9 Å². The number of nitrogens with zero attached hydrogens (tertiary/aromatic N) is 1. The molecule has 0 spiro atoms. The van der Waals surface area contributed by atoms with Crippen molar-refractivity contribution >= 4 is 22.9 Å². The SMILES string of the molecule is O=C(Nc1cncc(C(F)(F)F)c1)C1(c2cccs2)CC1. The van der Waals surface area contributed by atoms with Crippen LogP contribution in [0.3, 0.4) is 0 Å². The standard InChI is InChI=1S/C14H11F3N2OS/c15-14(16,17)9-6-10(8-18-7-9)19-12(20)13(3-4-13)11-2-1-5-21-11/h1-2,5-8H,3-4H2,(H,19,20). The smallest absolute Gasteiger partial charge is 0.324 e. The van der Waals surface area contributed by atoms with Crippen molar-refractivity contribution in [1.29, 1.82) is 0 Å². The first-order chi connectivity index (χ1) is 9.92. The molecule has 1 aliphatic carbocycles. The van der Waals surface area contributed by atoms with Crippen molar-refractivity contribution in [3.8, 4) is 0 Å². The molecular weight excluding hydrogens is 301 g/mol. The molecule has 3 nitrogen and oxygen atoms in total. The Morgan fingerprint density at radius 2 is 2.10 bits per heavy atom. The Morgan fingerprint density at radius 1 is 1.33 bits per heavy atom. The number of hydrogen-bond acceptors (Lipinski definition) is 3. The highest BCUT2D eigenvalue weighted by atomic mass is 32.1. The first-order valence-corrected chi connectivity index (χ1v) is 7.17. The third-order valence-corrected chi connectivity index (χ3v) is 4.57. The molecule has 1 aliphatic rings. The van der Waals surface area contributed by atoms with Crippen LogP contribution < -0.4 is 5.32 Å². The van der Waals surface area contributed by atoms with E-state index in [9.17, 15) is 18.0 Å². The lowest BCUT2D eigenvalue weighted by molar-refractivity contribution is -0.137. The van der Waals surface area contributed by atoms with E-state index in [2.05, 4.69) is 10.3 Å². The summed E-state index contributed by atoms with van der Waals surface area (Å²) in [7, 11) is 0. The predicted octanol–water partition coefficient (Wildman–Crippen LogP) is 3.83. The first kappa shape index (κ1) is 14.1. The maximum Gasteiger partial charge on any atom is 0.417 e. The zero-order valence-electron chi connectivity index (χ0n) is 10.8. The van der Waals surface area contributed by atoms with Gasteiger partial charge in [-0.3, -0.25) is 9.78 Å². The van der Waals surface area contributed by atoms with Crippen LogP contribution >= 0.6 is 11.3 Å². The van der Waals surface area contributed by atoms with Crippen LogP contribution in [0.2, 0.25) is 0 Å². The Bertz CT molecular complexity index is 663. The van der Waals surface area contributed by atoms with Crippen molar-refractivity contribution in [3.05, 3.63) is 46.4 Å². The van der Waals surface area contributed by atoms with Crippen LogP contribution in [-0.2, 0) is 16.4 Å². The van der Waals surface area contributed by atoms with Gasteiger partial charge < -0.3 is 5.32 Å². The Morgan fingerprint density at radius 3 is 2.67 bits per heavy atom. The Kier molecular flexibility index (Phi) is 3.24. The van der Waals surface area contributed by atoms with E-state index in [1.807, 2.05) is 17.5 Å². The summed E-state index contributed by atoms with van der Waals surface area (Å²) < 4.78 is 37.9. The van der Waals surface area contributed by atoms with Crippen LogP contribution in [0.1, 0.15) is 23.3 Å². The molecule has 2 aromatic rings. The van der Waals surface area contributed by atoms with Crippen molar-refractivity contribution in [2.24, 2.45) is 0 Å². The second-order valence-electron chi connectivity index (χ2n) is 4.97. The number of hydrogen-bond donors (Lipinski definition) is 1. The summed E-state index contributed by atoms with van der Waals surface area (Å²) in [6.45, 7) is 0. The van der Waals surface area contributed by atoms with E-state index in [4.69, 9.17) is 0 Å². The number of nitrogens with one attached hydrogen (secondary N) is 1. The van der Waals surface area contributed by atoms with Gasteiger partial charge in [0.2, 0.25) is 5.91 Å². The molecule has 1 fully saturated rings. The molecule has 0 atom stereocenters. The summed E-state index contributed by atoms with van der Waals surface area (Å²) >= 11 is 1.48. The molecule has 21 heavy (non-hydrogen) atoms. The lowest BCUT2D eigenvalue weighted by atomic mass is 10.0. The number of carbonyl (C=O) groups is 1. The summed E-state index contributed by atoms with van der Waals surface area (Å²) in [4.78, 5) is 16.8. The van der Waals surface area contributed by atoms with E-state index in [0.717, 1.165) is 17.1 Å². The topological polar surface area (TPSA) is 42.0 Å². The van der Waals surface area contributed by atoms with Gasteiger partial charge in [0.25, 0.3) is 0 Å². The van der Waals surface area contributed by atoms with E-state index in [1.165, 1.54) is 17.5 Å². The van der Waals surface area contributed by atoms with E-state index >= 15 is 0 Å². The second-order valence-corrected chi connectivity index (χ2v) is 5.92. The van der Waals surface area contributed by atoms with Crippen LogP contribution in [0.25, 0.3) is 0 Å². The van der Waals surface area contributed by atoms with Crippen LogP contribution in [0.5, 0.6) is 0 Å². The zero-order valence-corrected chi connectivity index (χ0v) is 11.6. The molecule has 2 heterocycles. The molecule has 7 heteroatoms. The molecule has 3 rings (SSSR count). The molecule has 0 radical (unpaired) electrons. The van der Waals surface area contributed by atoms with Crippen LogP contribution in [0, 0.1) is 0 Å². The summed E-state index contributed by atoms with van der Waals surface area (Å²) in [6.07, 6.45) is -1.09. The zero-order chi connectivity index (χ0) is 15.1. The Hall–Kier alpha value is -1.89. The quantitative estimate of drug-likeness (QED) is 0.936. The second kappa shape index (κ2) is 4.84. The fraction of sp³-hybridized carbons (Fsp3) is 0.286.